The molecule has 0 saturated carbocycles. The van der Waals surface area contributed by atoms with Gasteiger partial charge < -0.3 is 10.1 Å². The van der Waals surface area contributed by atoms with Crippen molar-refractivity contribution in [2.24, 2.45) is 5.92 Å². The lowest BCUT2D eigenvalue weighted by atomic mass is 9.93. The van der Waals surface area contributed by atoms with E-state index in [0.717, 1.165) is 25.4 Å². The first-order chi connectivity index (χ1) is 7.89. The zero-order valence-corrected chi connectivity index (χ0v) is 12.4. The lowest BCUT2D eigenvalue weighted by molar-refractivity contribution is -0.0640. The van der Waals surface area contributed by atoms with Gasteiger partial charge in [-0.3, -0.25) is 0 Å². The van der Waals surface area contributed by atoms with E-state index in [1.165, 1.54) is 19.3 Å². The molecule has 1 fully saturated rings. The third-order valence-corrected chi connectivity index (χ3v) is 3.64. The van der Waals surface area contributed by atoms with Crippen molar-refractivity contribution in [3.8, 4) is 0 Å². The second kappa shape index (κ2) is 6.75. The van der Waals surface area contributed by atoms with Crippen molar-refractivity contribution < 1.29 is 4.74 Å². The predicted octanol–water partition coefficient (Wildman–Crippen LogP) is 3.75. The van der Waals surface area contributed by atoms with Crippen LogP contribution in [0.25, 0.3) is 0 Å². The Bertz CT molecular complexity index is 213. The molecule has 2 heteroatoms. The highest BCUT2D eigenvalue weighted by Crippen LogP contribution is 2.24. The molecule has 1 aliphatic heterocycles. The van der Waals surface area contributed by atoms with Crippen LogP contribution in [0.5, 0.6) is 0 Å². The van der Waals surface area contributed by atoms with E-state index in [2.05, 4.69) is 39.9 Å². The Labute approximate surface area is 108 Å². The van der Waals surface area contributed by atoms with Crippen molar-refractivity contribution in [3.05, 3.63) is 0 Å². The van der Waals surface area contributed by atoms with Crippen molar-refractivity contribution in [2.45, 2.75) is 84.4 Å². The third kappa shape index (κ3) is 6.42. The van der Waals surface area contributed by atoms with E-state index < -0.39 is 0 Å². The molecular weight excluding hydrogens is 210 g/mol. The van der Waals surface area contributed by atoms with Crippen molar-refractivity contribution in [1.82, 2.24) is 5.32 Å². The second-order valence-electron chi connectivity index (χ2n) is 6.69. The summed E-state index contributed by atoms with van der Waals surface area (Å²) in [6, 6.07) is 1.29. The first-order valence-electron chi connectivity index (χ1n) is 7.29. The summed E-state index contributed by atoms with van der Waals surface area (Å²) in [5.41, 5.74) is 0.0631. The fraction of sp³-hybridized carbons (Fsp3) is 1.00. The van der Waals surface area contributed by atoms with Gasteiger partial charge in [0.2, 0.25) is 0 Å². The quantitative estimate of drug-likeness (QED) is 0.764. The van der Waals surface area contributed by atoms with Gasteiger partial charge in [0.15, 0.2) is 0 Å². The Balaban J connectivity index is 2.19. The van der Waals surface area contributed by atoms with E-state index in [-0.39, 0.29) is 5.60 Å². The van der Waals surface area contributed by atoms with Gasteiger partial charge in [-0.05, 0) is 46.0 Å². The van der Waals surface area contributed by atoms with E-state index in [1.54, 1.807) is 0 Å². The fourth-order valence-electron chi connectivity index (χ4n) is 2.69. The SMILES string of the molecule is CC(C)CCCC(C)NC1CCOC(C)(C)C1. The van der Waals surface area contributed by atoms with E-state index in [4.69, 9.17) is 4.74 Å². The van der Waals surface area contributed by atoms with Crippen molar-refractivity contribution in [1.29, 1.82) is 0 Å². The number of hydrogen-bond acceptors (Lipinski definition) is 2. The molecule has 0 aromatic heterocycles. The summed E-state index contributed by atoms with van der Waals surface area (Å²) in [7, 11) is 0. The third-order valence-electron chi connectivity index (χ3n) is 3.64. The van der Waals surface area contributed by atoms with Gasteiger partial charge in [0.25, 0.3) is 0 Å². The highest BCUT2D eigenvalue weighted by Gasteiger charge is 2.29. The Morgan fingerprint density at radius 2 is 1.94 bits per heavy atom. The molecule has 0 aromatic carbocycles. The maximum Gasteiger partial charge on any atom is 0.0641 e. The normalized spacial score (nSPS) is 26.1. The summed E-state index contributed by atoms with van der Waals surface area (Å²) in [6.45, 7) is 12.2. The van der Waals surface area contributed by atoms with Crippen molar-refractivity contribution in [2.75, 3.05) is 6.61 Å². The van der Waals surface area contributed by atoms with Crippen LogP contribution >= 0.6 is 0 Å². The maximum absolute atomic E-state index is 5.75. The van der Waals surface area contributed by atoms with Gasteiger partial charge >= 0.3 is 0 Å². The molecular formula is C15H31NO. The molecule has 1 saturated heterocycles. The largest absolute Gasteiger partial charge is 0.375 e. The van der Waals surface area contributed by atoms with Crippen LogP contribution in [0.1, 0.15) is 66.7 Å². The number of nitrogens with one attached hydrogen (secondary N) is 1. The van der Waals surface area contributed by atoms with Crippen LogP contribution in [0, 0.1) is 5.92 Å². The average molecular weight is 241 g/mol. The fourth-order valence-corrected chi connectivity index (χ4v) is 2.69. The monoisotopic (exact) mass is 241 g/mol. The number of rotatable bonds is 6. The molecule has 2 atom stereocenters. The van der Waals surface area contributed by atoms with E-state index in [1.807, 2.05) is 0 Å². The van der Waals surface area contributed by atoms with E-state index in [0.29, 0.717) is 12.1 Å². The highest BCUT2D eigenvalue weighted by atomic mass is 16.5. The highest BCUT2D eigenvalue weighted by molar-refractivity contribution is 4.84. The Hall–Kier alpha value is -0.0800. The van der Waals surface area contributed by atoms with Crippen LogP contribution < -0.4 is 5.32 Å². The Morgan fingerprint density at radius 1 is 1.24 bits per heavy atom. The molecule has 0 bridgehead atoms. The average Bonchev–Trinajstić information content (AvgIpc) is 2.14. The summed E-state index contributed by atoms with van der Waals surface area (Å²) < 4.78 is 5.75. The van der Waals surface area contributed by atoms with Crippen molar-refractivity contribution in [3.63, 3.8) is 0 Å². The first kappa shape index (κ1) is 15.0. The lowest BCUT2D eigenvalue weighted by Crippen LogP contribution is -2.46. The van der Waals surface area contributed by atoms with Gasteiger partial charge in [0.1, 0.15) is 0 Å². The van der Waals surface area contributed by atoms with Gasteiger partial charge in [-0.1, -0.05) is 26.7 Å². The molecule has 0 amide bonds. The first-order valence-corrected chi connectivity index (χ1v) is 7.29. The van der Waals surface area contributed by atoms with E-state index >= 15 is 0 Å². The van der Waals surface area contributed by atoms with Gasteiger partial charge in [0.05, 0.1) is 5.60 Å². The van der Waals surface area contributed by atoms with Crippen LogP contribution in [-0.4, -0.2) is 24.3 Å². The molecule has 0 aliphatic carbocycles. The standard InChI is InChI=1S/C15H31NO/c1-12(2)7-6-8-13(3)16-14-9-10-17-15(4,5)11-14/h12-14,16H,6-11H2,1-5H3. The van der Waals surface area contributed by atoms with E-state index in [9.17, 15) is 0 Å². The maximum atomic E-state index is 5.75. The Kier molecular flexibility index (Phi) is 5.94. The Morgan fingerprint density at radius 3 is 2.53 bits per heavy atom. The minimum Gasteiger partial charge on any atom is -0.375 e. The summed E-state index contributed by atoms with van der Waals surface area (Å²) in [5.74, 6) is 0.837. The number of ether oxygens (including phenoxy) is 1. The van der Waals surface area contributed by atoms with Crippen LogP contribution in [0.3, 0.4) is 0 Å². The topological polar surface area (TPSA) is 21.3 Å². The summed E-state index contributed by atoms with van der Waals surface area (Å²) in [5, 5.41) is 3.77. The van der Waals surface area contributed by atoms with Crippen LogP contribution in [0.2, 0.25) is 0 Å². The second-order valence-corrected chi connectivity index (χ2v) is 6.69. The molecule has 2 unspecified atom stereocenters. The van der Waals surface area contributed by atoms with Crippen LogP contribution in [0.15, 0.2) is 0 Å². The van der Waals surface area contributed by atoms with Gasteiger partial charge in [0, 0.05) is 18.7 Å². The van der Waals surface area contributed by atoms with Crippen molar-refractivity contribution >= 4 is 0 Å². The smallest absolute Gasteiger partial charge is 0.0641 e. The minimum absolute atomic E-state index is 0.0631. The molecule has 1 rings (SSSR count). The lowest BCUT2D eigenvalue weighted by Gasteiger charge is -2.37. The summed E-state index contributed by atoms with van der Waals surface area (Å²) in [6.07, 6.45) is 6.30. The summed E-state index contributed by atoms with van der Waals surface area (Å²) in [4.78, 5) is 0. The molecule has 0 spiro atoms. The van der Waals surface area contributed by atoms with Crippen LogP contribution in [0.4, 0.5) is 0 Å². The zero-order valence-electron chi connectivity index (χ0n) is 12.4. The zero-order chi connectivity index (χ0) is 12.9. The minimum atomic E-state index is 0.0631. The molecule has 0 aromatic rings. The van der Waals surface area contributed by atoms with Gasteiger partial charge in [-0.25, -0.2) is 0 Å². The molecule has 17 heavy (non-hydrogen) atoms. The number of hydrogen-bond donors (Lipinski definition) is 1. The molecule has 1 N–H and O–H groups in total. The van der Waals surface area contributed by atoms with Gasteiger partial charge in [-0.15, -0.1) is 0 Å². The molecule has 1 heterocycles. The molecule has 102 valence electrons. The molecule has 1 aliphatic rings. The predicted molar refractivity (Wildman–Crippen MR) is 74.3 cm³/mol. The van der Waals surface area contributed by atoms with Crippen LogP contribution in [-0.2, 0) is 4.74 Å². The summed E-state index contributed by atoms with van der Waals surface area (Å²) >= 11 is 0. The molecule has 2 nitrogen and oxygen atoms in total. The molecule has 0 radical (unpaired) electrons. The van der Waals surface area contributed by atoms with Gasteiger partial charge in [-0.2, -0.15) is 0 Å².